The molecule has 1 N–H and O–H groups in total. The Morgan fingerprint density at radius 2 is 2.37 bits per heavy atom. The zero-order chi connectivity index (χ0) is 13.2. The van der Waals surface area contributed by atoms with Gasteiger partial charge in [-0.15, -0.1) is 11.3 Å². The number of aryl methyl sites for hydroxylation is 2. The van der Waals surface area contributed by atoms with Crippen LogP contribution in [0.25, 0.3) is 0 Å². The fourth-order valence-electron chi connectivity index (χ4n) is 2.95. The van der Waals surface area contributed by atoms with Crippen LogP contribution in [-0.4, -0.2) is 20.8 Å². The molecule has 19 heavy (non-hydrogen) atoms. The monoisotopic (exact) mass is 276 g/mol. The highest BCUT2D eigenvalue weighted by Gasteiger charge is 2.27. The molecule has 0 aliphatic heterocycles. The molecule has 2 unspecified atom stereocenters. The fraction of sp³-hybridized carbons (Fsp3) is 0.571. The minimum Gasteiger partial charge on any atom is -0.309 e. The van der Waals surface area contributed by atoms with Crippen LogP contribution >= 0.6 is 11.3 Å². The first kappa shape index (κ1) is 12.8. The Morgan fingerprint density at radius 3 is 3.05 bits per heavy atom. The van der Waals surface area contributed by atoms with E-state index in [-0.39, 0.29) is 0 Å². The summed E-state index contributed by atoms with van der Waals surface area (Å²) in [4.78, 5) is 5.66. The number of hydrogen-bond donors (Lipinski definition) is 1. The van der Waals surface area contributed by atoms with Crippen molar-refractivity contribution in [2.45, 2.75) is 44.7 Å². The minimum atomic E-state index is 0.626. The summed E-state index contributed by atoms with van der Waals surface area (Å²) in [7, 11) is 2.04. The van der Waals surface area contributed by atoms with Gasteiger partial charge in [-0.3, -0.25) is 4.68 Å². The van der Waals surface area contributed by atoms with Crippen LogP contribution in [0, 0.1) is 6.92 Å². The molecule has 0 saturated heterocycles. The van der Waals surface area contributed by atoms with Crippen LogP contribution in [-0.2, 0) is 13.6 Å². The van der Waals surface area contributed by atoms with E-state index in [0.717, 1.165) is 6.54 Å². The van der Waals surface area contributed by atoms with Gasteiger partial charge in [-0.05, 0) is 32.3 Å². The molecule has 1 aliphatic rings. The SMILES string of the molecule is Cc1ncsc1CNC1CCC(c2ccnn2C)C1. The van der Waals surface area contributed by atoms with E-state index >= 15 is 0 Å². The lowest BCUT2D eigenvalue weighted by molar-refractivity contribution is 0.513. The molecule has 0 aromatic carbocycles. The number of rotatable bonds is 4. The maximum absolute atomic E-state index is 4.30. The Kier molecular flexibility index (Phi) is 3.66. The van der Waals surface area contributed by atoms with E-state index in [9.17, 15) is 0 Å². The van der Waals surface area contributed by atoms with Crippen molar-refractivity contribution in [2.24, 2.45) is 7.05 Å². The van der Waals surface area contributed by atoms with Crippen LogP contribution in [0.2, 0.25) is 0 Å². The first-order valence-electron chi connectivity index (χ1n) is 6.84. The van der Waals surface area contributed by atoms with E-state index in [1.54, 1.807) is 11.3 Å². The van der Waals surface area contributed by atoms with Gasteiger partial charge in [-0.25, -0.2) is 4.98 Å². The van der Waals surface area contributed by atoms with Crippen molar-refractivity contribution in [1.29, 1.82) is 0 Å². The van der Waals surface area contributed by atoms with E-state index in [1.165, 1.54) is 35.5 Å². The van der Waals surface area contributed by atoms with Crippen LogP contribution in [0.4, 0.5) is 0 Å². The van der Waals surface area contributed by atoms with Gasteiger partial charge in [-0.1, -0.05) is 0 Å². The second kappa shape index (κ2) is 5.43. The Balaban J connectivity index is 1.55. The zero-order valence-electron chi connectivity index (χ0n) is 11.5. The molecule has 2 aromatic heterocycles. The van der Waals surface area contributed by atoms with Gasteiger partial charge in [0.2, 0.25) is 0 Å². The first-order chi connectivity index (χ1) is 9.24. The first-order valence-corrected chi connectivity index (χ1v) is 7.72. The lowest BCUT2D eigenvalue weighted by atomic mass is 10.0. The van der Waals surface area contributed by atoms with Crippen LogP contribution < -0.4 is 5.32 Å². The summed E-state index contributed by atoms with van der Waals surface area (Å²) in [6.07, 6.45) is 5.64. The van der Waals surface area contributed by atoms with Crippen molar-refractivity contribution in [2.75, 3.05) is 0 Å². The van der Waals surface area contributed by atoms with Gasteiger partial charge in [0.15, 0.2) is 0 Å². The molecular formula is C14H20N4S. The molecule has 2 atom stereocenters. The fourth-order valence-corrected chi connectivity index (χ4v) is 3.68. The molecule has 1 aliphatic carbocycles. The number of thiazole rings is 1. The largest absolute Gasteiger partial charge is 0.309 e. The molecule has 2 aromatic rings. The summed E-state index contributed by atoms with van der Waals surface area (Å²) in [5.41, 5.74) is 4.47. The number of hydrogen-bond acceptors (Lipinski definition) is 4. The third-order valence-corrected chi connectivity index (χ3v) is 5.04. The molecule has 1 saturated carbocycles. The van der Waals surface area contributed by atoms with Crippen molar-refractivity contribution in [3.8, 4) is 0 Å². The summed E-state index contributed by atoms with van der Waals surface area (Å²) in [5, 5.41) is 7.95. The van der Waals surface area contributed by atoms with Crippen LogP contribution in [0.3, 0.4) is 0 Å². The highest BCUT2D eigenvalue weighted by Crippen LogP contribution is 2.34. The lowest BCUT2D eigenvalue weighted by Gasteiger charge is -2.13. The molecule has 2 heterocycles. The number of aromatic nitrogens is 3. The zero-order valence-corrected chi connectivity index (χ0v) is 12.3. The minimum absolute atomic E-state index is 0.626. The second-order valence-electron chi connectivity index (χ2n) is 5.33. The third kappa shape index (κ3) is 2.72. The van der Waals surface area contributed by atoms with Gasteiger partial charge in [0.25, 0.3) is 0 Å². The van der Waals surface area contributed by atoms with Crippen molar-refractivity contribution in [1.82, 2.24) is 20.1 Å². The summed E-state index contributed by atoms with van der Waals surface area (Å²) in [6.45, 7) is 3.04. The topological polar surface area (TPSA) is 42.7 Å². The van der Waals surface area contributed by atoms with Crippen molar-refractivity contribution >= 4 is 11.3 Å². The molecule has 102 valence electrons. The molecule has 1 fully saturated rings. The summed E-state index contributed by atoms with van der Waals surface area (Å²) in [5.74, 6) is 0.660. The van der Waals surface area contributed by atoms with Crippen molar-refractivity contribution < 1.29 is 0 Å². The highest BCUT2D eigenvalue weighted by molar-refractivity contribution is 7.09. The Labute approximate surface area is 117 Å². The second-order valence-corrected chi connectivity index (χ2v) is 6.27. The molecule has 0 bridgehead atoms. The van der Waals surface area contributed by atoms with Gasteiger partial charge < -0.3 is 5.32 Å². The van der Waals surface area contributed by atoms with Gasteiger partial charge in [-0.2, -0.15) is 5.10 Å². The highest BCUT2D eigenvalue weighted by atomic mass is 32.1. The van der Waals surface area contributed by atoms with E-state index in [0.29, 0.717) is 12.0 Å². The predicted molar refractivity (Wildman–Crippen MR) is 77.3 cm³/mol. The normalized spacial score (nSPS) is 23.1. The average molecular weight is 276 g/mol. The molecular weight excluding hydrogens is 256 g/mol. The van der Waals surface area contributed by atoms with E-state index in [1.807, 2.05) is 23.4 Å². The van der Waals surface area contributed by atoms with Crippen LogP contribution in [0.15, 0.2) is 17.8 Å². The lowest BCUT2D eigenvalue weighted by Crippen LogP contribution is -2.25. The van der Waals surface area contributed by atoms with Crippen molar-refractivity contribution in [3.63, 3.8) is 0 Å². The van der Waals surface area contributed by atoms with Crippen LogP contribution in [0.1, 0.15) is 41.4 Å². The Morgan fingerprint density at radius 1 is 1.47 bits per heavy atom. The van der Waals surface area contributed by atoms with Crippen LogP contribution in [0.5, 0.6) is 0 Å². The Hall–Kier alpha value is -1.20. The smallest absolute Gasteiger partial charge is 0.0798 e. The van der Waals surface area contributed by atoms with Gasteiger partial charge >= 0.3 is 0 Å². The van der Waals surface area contributed by atoms with Gasteiger partial charge in [0, 0.05) is 42.3 Å². The van der Waals surface area contributed by atoms with Gasteiger partial charge in [0.05, 0.1) is 11.2 Å². The van der Waals surface area contributed by atoms with Gasteiger partial charge in [0.1, 0.15) is 0 Å². The number of nitrogens with one attached hydrogen (secondary N) is 1. The van der Waals surface area contributed by atoms with E-state index < -0.39 is 0 Å². The molecule has 0 radical (unpaired) electrons. The third-order valence-electron chi connectivity index (χ3n) is 4.11. The Bertz CT molecular complexity index is 545. The number of nitrogens with zero attached hydrogens (tertiary/aromatic N) is 3. The van der Waals surface area contributed by atoms with Crippen molar-refractivity contribution in [3.05, 3.63) is 34.0 Å². The summed E-state index contributed by atoms with van der Waals surface area (Å²) < 4.78 is 2.01. The summed E-state index contributed by atoms with van der Waals surface area (Å²) >= 11 is 1.75. The maximum Gasteiger partial charge on any atom is 0.0798 e. The molecule has 0 amide bonds. The maximum atomic E-state index is 4.30. The standard InChI is InChI=1S/C14H20N4S/c1-10-14(19-9-16-10)8-15-12-4-3-11(7-12)13-5-6-17-18(13)2/h5-6,9,11-12,15H,3-4,7-8H2,1-2H3. The molecule has 4 nitrogen and oxygen atoms in total. The van der Waals surface area contributed by atoms with E-state index in [2.05, 4.69) is 28.4 Å². The molecule has 3 rings (SSSR count). The predicted octanol–water partition coefficient (Wildman–Crippen LogP) is 2.61. The average Bonchev–Trinajstić information content (AvgIpc) is 3.08. The van der Waals surface area contributed by atoms with E-state index in [4.69, 9.17) is 0 Å². The molecule has 0 spiro atoms. The molecule has 5 heteroatoms. The quantitative estimate of drug-likeness (QED) is 0.933. The summed E-state index contributed by atoms with van der Waals surface area (Å²) in [6, 6.07) is 2.78.